The smallest absolute Gasteiger partial charge is 0.332 e. The van der Waals surface area contributed by atoms with E-state index in [4.69, 9.17) is 12.2 Å². The van der Waals surface area contributed by atoms with Crippen LogP contribution in [0.5, 0.6) is 0 Å². The molecular weight excluding hydrogens is 299 g/mol. The number of benzene rings is 1. The van der Waals surface area contributed by atoms with E-state index in [1.807, 2.05) is 19.1 Å². The van der Waals surface area contributed by atoms with Crippen molar-refractivity contribution in [1.29, 1.82) is 0 Å². The molecule has 0 atom stereocenters. The van der Waals surface area contributed by atoms with Gasteiger partial charge in [-0.1, -0.05) is 6.07 Å². The largest absolute Gasteiger partial charge is 0.416 e. The molecule has 1 aromatic heterocycles. The molecular formula is C14H12F3N3S. The number of rotatable bonds is 2. The van der Waals surface area contributed by atoms with Gasteiger partial charge in [-0.3, -0.25) is 0 Å². The van der Waals surface area contributed by atoms with Crippen LogP contribution in [0.3, 0.4) is 0 Å². The van der Waals surface area contributed by atoms with Gasteiger partial charge < -0.3 is 10.6 Å². The Labute approximate surface area is 125 Å². The third kappa shape index (κ3) is 4.42. The van der Waals surface area contributed by atoms with Crippen molar-refractivity contribution in [2.75, 3.05) is 10.6 Å². The van der Waals surface area contributed by atoms with Gasteiger partial charge in [-0.15, -0.1) is 0 Å². The van der Waals surface area contributed by atoms with Crippen LogP contribution in [0.15, 0.2) is 42.5 Å². The van der Waals surface area contributed by atoms with Gasteiger partial charge in [-0.05, 0) is 55.5 Å². The monoisotopic (exact) mass is 311 g/mol. The summed E-state index contributed by atoms with van der Waals surface area (Å²) < 4.78 is 37.3. The number of nitrogens with zero attached hydrogens (tertiary/aromatic N) is 1. The number of aryl methyl sites for hydroxylation is 1. The summed E-state index contributed by atoms with van der Waals surface area (Å²) in [6, 6.07) is 10.0. The lowest BCUT2D eigenvalue weighted by molar-refractivity contribution is -0.137. The van der Waals surface area contributed by atoms with Crippen LogP contribution in [0.4, 0.5) is 24.7 Å². The van der Waals surface area contributed by atoms with E-state index in [1.165, 1.54) is 12.1 Å². The highest BCUT2D eigenvalue weighted by atomic mass is 32.1. The zero-order valence-corrected chi connectivity index (χ0v) is 11.8. The molecule has 2 rings (SSSR count). The zero-order chi connectivity index (χ0) is 15.5. The molecule has 110 valence electrons. The molecule has 0 unspecified atom stereocenters. The van der Waals surface area contributed by atoms with Gasteiger partial charge in [-0.25, -0.2) is 4.98 Å². The topological polar surface area (TPSA) is 37.0 Å². The molecule has 0 saturated carbocycles. The quantitative estimate of drug-likeness (QED) is 0.814. The maximum atomic E-state index is 12.4. The normalized spacial score (nSPS) is 11.0. The minimum Gasteiger partial charge on any atom is -0.332 e. The van der Waals surface area contributed by atoms with E-state index in [1.54, 1.807) is 6.07 Å². The SMILES string of the molecule is Cc1cccc(NC(=S)Nc2ccc(C(F)(F)F)cc2)n1. The summed E-state index contributed by atoms with van der Waals surface area (Å²) in [4.78, 5) is 4.21. The van der Waals surface area contributed by atoms with Gasteiger partial charge in [0.25, 0.3) is 0 Å². The fraction of sp³-hybridized carbons (Fsp3) is 0.143. The van der Waals surface area contributed by atoms with E-state index in [2.05, 4.69) is 15.6 Å². The van der Waals surface area contributed by atoms with Crippen molar-refractivity contribution < 1.29 is 13.2 Å². The number of hydrogen-bond donors (Lipinski definition) is 2. The van der Waals surface area contributed by atoms with Gasteiger partial charge in [0.15, 0.2) is 5.11 Å². The molecule has 1 aromatic carbocycles. The van der Waals surface area contributed by atoms with E-state index in [-0.39, 0.29) is 5.11 Å². The van der Waals surface area contributed by atoms with E-state index >= 15 is 0 Å². The number of nitrogens with one attached hydrogen (secondary N) is 2. The first-order chi connectivity index (χ1) is 9.84. The number of pyridine rings is 1. The Morgan fingerprint density at radius 1 is 1.05 bits per heavy atom. The van der Waals surface area contributed by atoms with Crippen molar-refractivity contribution in [3.05, 3.63) is 53.7 Å². The van der Waals surface area contributed by atoms with Crippen molar-refractivity contribution in [3.8, 4) is 0 Å². The predicted octanol–water partition coefficient (Wildman–Crippen LogP) is 4.22. The van der Waals surface area contributed by atoms with Crippen LogP contribution in [-0.4, -0.2) is 10.1 Å². The minimum atomic E-state index is -4.34. The summed E-state index contributed by atoms with van der Waals surface area (Å²) in [7, 11) is 0. The van der Waals surface area contributed by atoms with Crippen LogP contribution in [0.1, 0.15) is 11.3 Å². The Morgan fingerprint density at radius 3 is 2.29 bits per heavy atom. The van der Waals surface area contributed by atoms with E-state index in [0.717, 1.165) is 17.8 Å². The highest BCUT2D eigenvalue weighted by molar-refractivity contribution is 7.80. The van der Waals surface area contributed by atoms with Crippen molar-refractivity contribution in [1.82, 2.24) is 4.98 Å². The summed E-state index contributed by atoms with van der Waals surface area (Å²) in [5.41, 5.74) is 0.595. The van der Waals surface area contributed by atoms with Crippen molar-refractivity contribution in [2.45, 2.75) is 13.1 Å². The molecule has 0 amide bonds. The molecule has 0 aliphatic rings. The fourth-order valence-corrected chi connectivity index (χ4v) is 1.86. The second kappa shape index (κ2) is 6.09. The van der Waals surface area contributed by atoms with Gasteiger partial charge >= 0.3 is 6.18 Å². The summed E-state index contributed by atoms with van der Waals surface area (Å²) in [6.45, 7) is 1.84. The molecule has 0 saturated heterocycles. The number of alkyl halides is 3. The van der Waals surface area contributed by atoms with Gasteiger partial charge in [0.1, 0.15) is 5.82 Å². The molecule has 3 nitrogen and oxygen atoms in total. The molecule has 0 radical (unpaired) electrons. The molecule has 21 heavy (non-hydrogen) atoms. The number of halogens is 3. The van der Waals surface area contributed by atoms with Gasteiger partial charge in [0.2, 0.25) is 0 Å². The van der Waals surface area contributed by atoms with Crippen molar-refractivity contribution in [3.63, 3.8) is 0 Å². The van der Waals surface area contributed by atoms with Crippen LogP contribution in [-0.2, 0) is 6.18 Å². The highest BCUT2D eigenvalue weighted by Crippen LogP contribution is 2.29. The maximum absolute atomic E-state index is 12.4. The Balaban J connectivity index is 2.00. The number of hydrogen-bond acceptors (Lipinski definition) is 2. The first-order valence-electron chi connectivity index (χ1n) is 6.03. The first-order valence-corrected chi connectivity index (χ1v) is 6.44. The Bertz CT molecular complexity index is 639. The third-order valence-electron chi connectivity index (χ3n) is 2.60. The standard InChI is InChI=1S/C14H12F3N3S/c1-9-3-2-4-12(18-9)20-13(21)19-11-7-5-10(6-8-11)14(15,16)17/h2-8H,1H3,(H2,18,19,20,21). The fourth-order valence-electron chi connectivity index (χ4n) is 1.63. The third-order valence-corrected chi connectivity index (χ3v) is 2.80. The maximum Gasteiger partial charge on any atom is 0.416 e. The van der Waals surface area contributed by atoms with Crippen LogP contribution in [0.25, 0.3) is 0 Å². The van der Waals surface area contributed by atoms with Gasteiger partial charge in [0, 0.05) is 11.4 Å². The van der Waals surface area contributed by atoms with E-state index in [0.29, 0.717) is 11.5 Å². The average Bonchev–Trinajstić information content (AvgIpc) is 2.38. The second-order valence-corrected chi connectivity index (χ2v) is 4.73. The number of thiocarbonyl (C=S) groups is 1. The predicted molar refractivity (Wildman–Crippen MR) is 80.3 cm³/mol. The van der Waals surface area contributed by atoms with Crippen LogP contribution >= 0.6 is 12.2 Å². The molecule has 0 bridgehead atoms. The first kappa shape index (κ1) is 15.2. The van der Waals surface area contributed by atoms with Crippen molar-refractivity contribution in [2.24, 2.45) is 0 Å². The van der Waals surface area contributed by atoms with E-state index < -0.39 is 11.7 Å². The molecule has 0 aliphatic heterocycles. The number of anilines is 2. The van der Waals surface area contributed by atoms with E-state index in [9.17, 15) is 13.2 Å². The molecule has 7 heteroatoms. The molecule has 1 heterocycles. The molecule has 0 spiro atoms. The molecule has 0 fully saturated rings. The number of aromatic nitrogens is 1. The average molecular weight is 311 g/mol. The van der Waals surface area contributed by atoms with Crippen molar-refractivity contribution >= 4 is 28.8 Å². The Morgan fingerprint density at radius 2 is 1.71 bits per heavy atom. The molecule has 0 aliphatic carbocycles. The summed E-state index contributed by atoms with van der Waals surface area (Å²) >= 11 is 5.08. The second-order valence-electron chi connectivity index (χ2n) is 4.32. The lowest BCUT2D eigenvalue weighted by Crippen LogP contribution is -2.20. The highest BCUT2D eigenvalue weighted by Gasteiger charge is 2.29. The lowest BCUT2D eigenvalue weighted by Gasteiger charge is -2.11. The minimum absolute atomic E-state index is 0.257. The van der Waals surface area contributed by atoms with Crippen LogP contribution in [0.2, 0.25) is 0 Å². The van der Waals surface area contributed by atoms with Crippen LogP contribution in [0, 0.1) is 6.92 Å². The Kier molecular flexibility index (Phi) is 4.42. The summed E-state index contributed by atoms with van der Waals surface area (Å²) in [5, 5.41) is 5.92. The summed E-state index contributed by atoms with van der Waals surface area (Å²) in [6.07, 6.45) is -4.34. The molecule has 2 N–H and O–H groups in total. The summed E-state index contributed by atoms with van der Waals surface area (Å²) in [5.74, 6) is 0.569. The lowest BCUT2D eigenvalue weighted by atomic mass is 10.2. The van der Waals surface area contributed by atoms with Gasteiger partial charge in [0.05, 0.1) is 5.56 Å². The van der Waals surface area contributed by atoms with Crippen LogP contribution < -0.4 is 10.6 Å². The Hall–Kier alpha value is -2.15. The zero-order valence-electron chi connectivity index (χ0n) is 11.0. The van der Waals surface area contributed by atoms with Gasteiger partial charge in [-0.2, -0.15) is 13.2 Å². The molecule has 2 aromatic rings.